The van der Waals surface area contributed by atoms with Crippen LogP contribution in [0.4, 0.5) is 9.59 Å². The number of carboxylic acid groups (broad SMARTS) is 1. The molecule has 142 valence electrons. The van der Waals surface area contributed by atoms with Gasteiger partial charge in [0.15, 0.2) is 5.54 Å². The van der Waals surface area contributed by atoms with E-state index in [0.29, 0.717) is 4.90 Å². The van der Waals surface area contributed by atoms with Gasteiger partial charge in [0.05, 0.1) is 7.11 Å². The Kier molecular flexibility index (Phi) is 8.33. The molecule has 0 aliphatic heterocycles. The van der Waals surface area contributed by atoms with Crippen LogP contribution in [0.25, 0.3) is 0 Å². The molecule has 1 fully saturated rings. The van der Waals surface area contributed by atoms with Crippen LogP contribution in [0.5, 0.6) is 0 Å². The molecule has 0 bridgehead atoms. The van der Waals surface area contributed by atoms with Crippen molar-refractivity contribution in [3.05, 3.63) is 0 Å². The number of aliphatic carboxylic acids is 1. The Morgan fingerprint density at radius 2 is 1.35 bits per heavy atom. The zero-order chi connectivity index (χ0) is 19.8. The number of carbonyl (C=O) groups is 4. The number of amides is 2. The summed E-state index contributed by atoms with van der Waals surface area (Å²) in [5.74, 6) is -4.04. The second-order valence-corrected chi connectivity index (χ2v) is 7.79. The number of rotatable bonds is 3. The Morgan fingerprint density at radius 1 is 0.962 bits per heavy atom. The molecule has 1 unspecified atom stereocenters. The number of imide groups is 1. The molecule has 2 atom stereocenters. The summed E-state index contributed by atoms with van der Waals surface area (Å²) < 4.78 is 14.9. The summed E-state index contributed by atoms with van der Waals surface area (Å²) in [4.78, 5) is 49.0. The predicted octanol–water partition coefficient (Wildman–Crippen LogP) is -2.16. The van der Waals surface area contributed by atoms with E-state index in [9.17, 15) is 24.3 Å². The van der Waals surface area contributed by atoms with E-state index in [2.05, 4.69) is 4.74 Å². The first-order valence-electron chi connectivity index (χ1n) is 7.71. The number of hydrogen-bond acceptors (Lipinski definition) is 8. The second-order valence-electron chi connectivity index (χ2n) is 7.79. The van der Waals surface area contributed by atoms with Crippen molar-refractivity contribution in [1.29, 1.82) is 0 Å². The van der Waals surface area contributed by atoms with Gasteiger partial charge >= 0.3 is 69.5 Å². The first-order chi connectivity index (χ1) is 11.2. The van der Waals surface area contributed by atoms with Gasteiger partial charge in [0, 0.05) is 11.9 Å². The number of nitrogens with zero attached hydrogens (tertiary/aromatic N) is 1. The molecule has 0 heterocycles. The maximum absolute atomic E-state index is 12.5. The fourth-order valence-electron chi connectivity index (χ4n) is 2.29. The van der Waals surface area contributed by atoms with Crippen molar-refractivity contribution >= 4 is 24.1 Å². The molecule has 1 rings (SSSR count). The first kappa shape index (κ1) is 25.3. The fourth-order valence-corrected chi connectivity index (χ4v) is 2.29. The third-order valence-electron chi connectivity index (χ3n) is 3.31. The van der Waals surface area contributed by atoms with Gasteiger partial charge in [-0.2, -0.15) is 4.90 Å². The predicted molar refractivity (Wildman–Crippen MR) is 82.2 cm³/mol. The molecule has 1 aliphatic carbocycles. The summed E-state index contributed by atoms with van der Waals surface area (Å²) in [5, 5.41) is 11.3. The maximum atomic E-state index is 12.5. The van der Waals surface area contributed by atoms with E-state index in [1.165, 1.54) is 0 Å². The molecule has 9 nitrogen and oxygen atoms in total. The average Bonchev–Trinajstić information content (AvgIpc) is 3.10. The molecule has 0 radical (unpaired) electrons. The van der Waals surface area contributed by atoms with E-state index < -0.39 is 46.8 Å². The molecule has 0 aromatic carbocycles. The van der Waals surface area contributed by atoms with Crippen molar-refractivity contribution in [3.63, 3.8) is 0 Å². The van der Waals surface area contributed by atoms with Crippen molar-refractivity contribution in [2.24, 2.45) is 5.92 Å². The van der Waals surface area contributed by atoms with E-state index in [0.717, 1.165) is 7.11 Å². The molecule has 0 aromatic rings. The number of carboxylic acids is 1. The number of ether oxygens (including phenoxy) is 3. The quantitative estimate of drug-likeness (QED) is 0.300. The minimum absolute atomic E-state index is 0. The third-order valence-corrected chi connectivity index (χ3v) is 3.31. The van der Waals surface area contributed by atoms with Crippen LogP contribution in [0.1, 0.15) is 48.0 Å². The molecular weight excluding hydrogens is 373 g/mol. The summed E-state index contributed by atoms with van der Waals surface area (Å²) >= 11 is 0. The monoisotopic (exact) mass is 397 g/mol. The van der Waals surface area contributed by atoms with Crippen LogP contribution in [0.2, 0.25) is 0 Å². The second kappa shape index (κ2) is 8.55. The fraction of sp³-hybridized carbons (Fsp3) is 0.750. The molecule has 2 amide bonds. The van der Waals surface area contributed by atoms with Crippen LogP contribution in [0.3, 0.4) is 0 Å². The smallest absolute Gasteiger partial charge is 0.550 e. The maximum Gasteiger partial charge on any atom is 1.00 e. The minimum Gasteiger partial charge on any atom is -0.550 e. The number of hydrogen-bond donors (Lipinski definition) is 0. The Hall–Kier alpha value is -0.684. The molecule has 26 heavy (non-hydrogen) atoms. The Morgan fingerprint density at radius 3 is 1.58 bits per heavy atom. The van der Waals surface area contributed by atoms with E-state index >= 15 is 0 Å². The van der Waals surface area contributed by atoms with Crippen LogP contribution in [-0.4, -0.2) is 52.9 Å². The molecule has 1 aliphatic rings. The molecule has 1 saturated carbocycles. The van der Waals surface area contributed by atoms with E-state index in [1.54, 1.807) is 41.5 Å². The Labute approximate surface area is 195 Å². The summed E-state index contributed by atoms with van der Waals surface area (Å²) in [6.45, 7) is 9.37. The van der Waals surface area contributed by atoms with Crippen molar-refractivity contribution < 1.29 is 89.9 Å². The van der Waals surface area contributed by atoms with E-state index in [4.69, 9.17) is 9.47 Å². The Balaban J connectivity index is 0.00000625. The SMILES string of the molecule is COC(=O)C1(N(C(=O)OC(C)(C)C)C(=O)OC(C)(C)C)C[C@H]1C(=O)[O-].[K+]. The van der Waals surface area contributed by atoms with Crippen LogP contribution in [0.15, 0.2) is 0 Å². The standard InChI is InChI=1S/C16H25NO8.K/c1-14(2,3)24-12(21)17(13(22)25-15(4,5)6)16(11(20)23-7)8-9(16)10(18)19;/h9H,8H2,1-7H3,(H,18,19);/q;+1/p-1/t9-,16?;/m0./s1. The van der Waals surface area contributed by atoms with E-state index in [1.807, 2.05) is 0 Å². The third kappa shape index (κ3) is 5.91. The number of carbonyl (C=O) groups excluding carboxylic acids is 4. The largest absolute Gasteiger partial charge is 1.00 e. The summed E-state index contributed by atoms with van der Waals surface area (Å²) in [5.41, 5.74) is -4.01. The summed E-state index contributed by atoms with van der Waals surface area (Å²) in [7, 11) is 1.02. The molecule has 0 aromatic heterocycles. The van der Waals surface area contributed by atoms with Gasteiger partial charge < -0.3 is 24.1 Å². The summed E-state index contributed by atoms with van der Waals surface area (Å²) in [6, 6.07) is 0. The van der Waals surface area contributed by atoms with Gasteiger partial charge in [-0.1, -0.05) is 0 Å². The van der Waals surface area contributed by atoms with Gasteiger partial charge in [0.1, 0.15) is 11.2 Å². The van der Waals surface area contributed by atoms with E-state index in [-0.39, 0.29) is 57.8 Å². The van der Waals surface area contributed by atoms with Crippen LogP contribution in [0, 0.1) is 5.92 Å². The normalized spacial score (nSPS) is 21.7. The van der Waals surface area contributed by atoms with Gasteiger partial charge in [0.2, 0.25) is 0 Å². The first-order valence-corrected chi connectivity index (χ1v) is 7.71. The van der Waals surface area contributed by atoms with Gasteiger partial charge in [-0.15, -0.1) is 0 Å². The van der Waals surface area contributed by atoms with Crippen molar-refractivity contribution in [3.8, 4) is 0 Å². The zero-order valence-electron chi connectivity index (χ0n) is 16.5. The molecule has 0 saturated heterocycles. The van der Waals surface area contributed by atoms with Crippen LogP contribution in [-0.2, 0) is 23.8 Å². The van der Waals surface area contributed by atoms with Crippen molar-refractivity contribution in [2.45, 2.75) is 64.7 Å². The van der Waals surface area contributed by atoms with Gasteiger partial charge in [0.25, 0.3) is 0 Å². The number of esters is 1. The zero-order valence-corrected chi connectivity index (χ0v) is 19.6. The van der Waals surface area contributed by atoms with Crippen LogP contribution < -0.4 is 56.5 Å². The number of methoxy groups -OCH3 is 1. The average molecular weight is 397 g/mol. The minimum atomic E-state index is -2.04. The summed E-state index contributed by atoms with van der Waals surface area (Å²) in [6.07, 6.45) is -2.73. The molecular formula is C16H24KNO8. The van der Waals surface area contributed by atoms with Gasteiger partial charge in [-0.25, -0.2) is 14.4 Å². The molecule has 10 heteroatoms. The molecule has 0 spiro atoms. The molecule has 0 N–H and O–H groups in total. The van der Waals surface area contributed by atoms with Crippen LogP contribution >= 0.6 is 0 Å². The topological polar surface area (TPSA) is 122 Å². The van der Waals surface area contributed by atoms with Gasteiger partial charge in [-0.3, -0.25) is 0 Å². The van der Waals surface area contributed by atoms with Crippen molar-refractivity contribution in [1.82, 2.24) is 4.90 Å². The van der Waals surface area contributed by atoms with Gasteiger partial charge in [-0.05, 0) is 48.0 Å². The Bertz CT molecular complexity index is 564. The van der Waals surface area contributed by atoms with Crippen molar-refractivity contribution in [2.75, 3.05) is 7.11 Å².